The highest BCUT2D eigenvalue weighted by Crippen LogP contribution is 2.25. The molecule has 0 aliphatic heterocycles. The summed E-state index contributed by atoms with van der Waals surface area (Å²) in [6.07, 6.45) is 3.05. The van der Waals surface area contributed by atoms with Gasteiger partial charge in [0.1, 0.15) is 0 Å². The number of nitro benzene ring substituents is 1. The molecule has 0 radical (unpaired) electrons. The molecule has 3 rings (SSSR count). The molecule has 1 aromatic carbocycles. The van der Waals surface area contributed by atoms with Gasteiger partial charge in [0, 0.05) is 37.1 Å². The molecule has 33 heavy (non-hydrogen) atoms. The lowest BCUT2D eigenvalue weighted by Crippen LogP contribution is -2.33. The predicted octanol–water partition coefficient (Wildman–Crippen LogP) is 2.37. The fourth-order valence-corrected chi connectivity index (χ4v) is 3.61. The predicted molar refractivity (Wildman–Crippen MR) is 121 cm³/mol. The number of nitrogens with one attached hydrogen (secondary N) is 2. The number of hydrogen-bond donors (Lipinski definition) is 2. The summed E-state index contributed by atoms with van der Waals surface area (Å²) in [7, 11) is 1.74. The average Bonchev–Trinajstić information content (AvgIpc) is 3.16. The van der Waals surface area contributed by atoms with Gasteiger partial charge in [-0.2, -0.15) is 0 Å². The molecule has 0 aliphatic rings. The summed E-state index contributed by atoms with van der Waals surface area (Å²) in [5, 5.41) is 25.3. The van der Waals surface area contributed by atoms with Gasteiger partial charge in [-0.3, -0.25) is 25.0 Å². The Hall–Kier alpha value is -3.87. The number of rotatable bonds is 9. The van der Waals surface area contributed by atoms with E-state index in [0.717, 1.165) is 0 Å². The topological polar surface area (TPSA) is 158 Å². The van der Waals surface area contributed by atoms with Crippen LogP contribution in [0.25, 0.3) is 0 Å². The van der Waals surface area contributed by atoms with Crippen molar-refractivity contribution < 1.29 is 14.5 Å². The van der Waals surface area contributed by atoms with Crippen LogP contribution in [0.2, 0.25) is 0 Å². The van der Waals surface area contributed by atoms with Gasteiger partial charge in [0.15, 0.2) is 11.0 Å². The van der Waals surface area contributed by atoms with Gasteiger partial charge in [-0.25, -0.2) is 9.97 Å². The summed E-state index contributed by atoms with van der Waals surface area (Å²) in [5.74, 6) is -0.0288. The van der Waals surface area contributed by atoms with E-state index in [9.17, 15) is 19.7 Å². The minimum Gasteiger partial charge on any atom is -0.342 e. The van der Waals surface area contributed by atoms with Gasteiger partial charge in [-0.15, -0.1) is 10.2 Å². The number of hydrogen-bond acceptors (Lipinski definition) is 9. The minimum absolute atomic E-state index is 0.0491. The summed E-state index contributed by atoms with van der Waals surface area (Å²) < 4.78 is 1.70. The molecule has 2 heterocycles. The van der Waals surface area contributed by atoms with E-state index in [1.165, 1.54) is 48.4 Å². The second-order valence-corrected chi connectivity index (χ2v) is 8.25. The van der Waals surface area contributed by atoms with E-state index in [1.54, 1.807) is 17.7 Å². The quantitative estimate of drug-likeness (QED) is 0.272. The lowest BCUT2D eigenvalue weighted by atomic mass is 10.0. The largest absolute Gasteiger partial charge is 0.342 e. The number of non-ortho nitro benzene ring substituents is 1. The molecule has 3 aromatic rings. The van der Waals surface area contributed by atoms with Crippen LogP contribution in [-0.4, -0.2) is 47.2 Å². The van der Waals surface area contributed by atoms with Crippen LogP contribution in [0.5, 0.6) is 0 Å². The van der Waals surface area contributed by atoms with Crippen LogP contribution in [0, 0.1) is 16.0 Å². The molecule has 0 aliphatic carbocycles. The number of nitro groups is 1. The number of aromatic nitrogens is 5. The average molecular weight is 471 g/mol. The van der Waals surface area contributed by atoms with Gasteiger partial charge >= 0.3 is 0 Å². The molecular formula is C20H22N8O4S. The third-order valence-corrected chi connectivity index (χ3v) is 5.59. The zero-order chi connectivity index (χ0) is 24.0. The third-order valence-electron chi connectivity index (χ3n) is 4.57. The minimum atomic E-state index is -0.553. The van der Waals surface area contributed by atoms with Crippen molar-refractivity contribution in [2.75, 3.05) is 11.1 Å². The first-order chi connectivity index (χ1) is 15.8. The van der Waals surface area contributed by atoms with Crippen molar-refractivity contribution >= 4 is 35.2 Å². The number of amides is 2. The maximum atomic E-state index is 12.8. The maximum absolute atomic E-state index is 12.8. The smallest absolute Gasteiger partial charge is 0.270 e. The fraction of sp³-hybridized carbons (Fsp3) is 0.300. The molecule has 0 unspecified atom stereocenters. The van der Waals surface area contributed by atoms with E-state index in [0.29, 0.717) is 11.0 Å². The van der Waals surface area contributed by atoms with Crippen molar-refractivity contribution in [3.63, 3.8) is 0 Å². The molecule has 0 saturated carbocycles. The molecule has 0 saturated heterocycles. The molecule has 13 heteroatoms. The molecule has 172 valence electrons. The van der Waals surface area contributed by atoms with E-state index in [2.05, 4.69) is 30.8 Å². The Morgan fingerprint density at radius 3 is 2.58 bits per heavy atom. The Morgan fingerprint density at radius 1 is 1.18 bits per heavy atom. The van der Waals surface area contributed by atoms with Crippen molar-refractivity contribution in [2.45, 2.75) is 25.0 Å². The molecule has 1 atom stereocenters. The van der Waals surface area contributed by atoms with Gasteiger partial charge in [0.2, 0.25) is 11.9 Å². The highest BCUT2D eigenvalue weighted by atomic mass is 32.2. The summed E-state index contributed by atoms with van der Waals surface area (Å²) in [4.78, 5) is 43.2. The Bertz CT molecular complexity index is 1150. The van der Waals surface area contributed by atoms with Crippen LogP contribution in [0.1, 0.15) is 36.1 Å². The number of thioether (sulfide) groups is 1. The normalized spacial score (nSPS) is 11.8. The van der Waals surface area contributed by atoms with Gasteiger partial charge < -0.3 is 9.88 Å². The van der Waals surface area contributed by atoms with E-state index in [1.807, 2.05) is 13.8 Å². The van der Waals surface area contributed by atoms with E-state index < -0.39 is 16.9 Å². The van der Waals surface area contributed by atoms with Crippen molar-refractivity contribution in [2.24, 2.45) is 13.0 Å². The first-order valence-electron chi connectivity index (χ1n) is 9.90. The number of nitrogens with zero attached hydrogens (tertiary/aromatic N) is 6. The Labute approximate surface area is 193 Å². The molecule has 12 nitrogen and oxygen atoms in total. The summed E-state index contributed by atoms with van der Waals surface area (Å²) in [6.45, 7) is 3.82. The summed E-state index contributed by atoms with van der Waals surface area (Å²) in [5.41, 5.74) is 0.00619. The van der Waals surface area contributed by atoms with Crippen LogP contribution in [0.4, 0.5) is 11.6 Å². The fourth-order valence-electron chi connectivity index (χ4n) is 2.89. The van der Waals surface area contributed by atoms with E-state index in [4.69, 9.17) is 0 Å². The van der Waals surface area contributed by atoms with E-state index >= 15 is 0 Å². The van der Waals surface area contributed by atoms with Crippen LogP contribution in [-0.2, 0) is 11.8 Å². The molecule has 0 bridgehead atoms. The van der Waals surface area contributed by atoms with Crippen molar-refractivity contribution in [3.05, 3.63) is 64.2 Å². The van der Waals surface area contributed by atoms with Gasteiger partial charge in [0.05, 0.1) is 16.7 Å². The Kier molecular flexibility index (Phi) is 7.66. The molecule has 0 spiro atoms. The first kappa shape index (κ1) is 23.8. The monoisotopic (exact) mass is 470 g/mol. The maximum Gasteiger partial charge on any atom is 0.270 e. The lowest BCUT2D eigenvalue weighted by Gasteiger charge is -2.21. The second-order valence-electron chi connectivity index (χ2n) is 7.31. The molecule has 0 fully saturated rings. The Balaban J connectivity index is 1.69. The number of carbonyl (C=O) groups is 2. The van der Waals surface area contributed by atoms with Crippen molar-refractivity contribution in [1.82, 2.24) is 30.0 Å². The number of anilines is 1. The van der Waals surface area contributed by atoms with E-state index in [-0.39, 0.29) is 34.8 Å². The second kappa shape index (κ2) is 10.6. The van der Waals surface area contributed by atoms with Crippen molar-refractivity contribution in [3.8, 4) is 0 Å². The number of carbonyl (C=O) groups excluding carboxylic acids is 2. The van der Waals surface area contributed by atoms with Crippen LogP contribution >= 0.6 is 11.8 Å². The van der Waals surface area contributed by atoms with Crippen LogP contribution in [0.3, 0.4) is 0 Å². The van der Waals surface area contributed by atoms with Crippen molar-refractivity contribution in [1.29, 1.82) is 0 Å². The van der Waals surface area contributed by atoms with Crippen LogP contribution < -0.4 is 10.6 Å². The molecule has 2 N–H and O–H groups in total. The Morgan fingerprint density at radius 2 is 1.91 bits per heavy atom. The highest BCUT2D eigenvalue weighted by Gasteiger charge is 2.26. The first-order valence-corrected chi connectivity index (χ1v) is 10.9. The summed E-state index contributed by atoms with van der Waals surface area (Å²) in [6, 6.07) is 6.65. The lowest BCUT2D eigenvalue weighted by molar-refractivity contribution is -0.384. The summed E-state index contributed by atoms with van der Waals surface area (Å²) >= 11 is 1.18. The molecule has 2 amide bonds. The number of benzene rings is 1. The third kappa shape index (κ3) is 6.10. The zero-order valence-electron chi connectivity index (χ0n) is 18.1. The molecule has 2 aromatic heterocycles. The standard InChI is InChI=1S/C20H22N8O4S/c1-12(2)16(24-18(30)13-6-4-7-14(10-13)28(31)32)17-25-26-20(27(17)3)33-11-15(29)23-19-21-8-5-9-22-19/h4-10,12,16H,11H2,1-3H3,(H,24,30)(H,21,22,23,29)/t16-/m1/s1. The zero-order valence-corrected chi connectivity index (χ0v) is 18.9. The molecular weight excluding hydrogens is 448 g/mol. The highest BCUT2D eigenvalue weighted by molar-refractivity contribution is 7.99. The SMILES string of the molecule is CC(C)[C@@H](NC(=O)c1cccc([N+](=O)[O-])c1)c1nnc(SCC(=O)Nc2ncccn2)n1C. The van der Waals surface area contributed by atoms with Crippen LogP contribution in [0.15, 0.2) is 47.9 Å². The van der Waals surface area contributed by atoms with Gasteiger partial charge in [-0.1, -0.05) is 31.7 Å². The van der Waals surface area contributed by atoms with Gasteiger partial charge in [-0.05, 0) is 18.1 Å². The van der Waals surface area contributed by atoms with Gasteiger partial charge in [0.25, 0.3) is 11.6 Å².